The summed E-state index contributed by atoms with van der Waals surface area (Å²) in [4.78, 5) is 22.4. The molecule has 0 aliphatic carbocycles. The first-order chi connectivity index (χ1) is 25.4. The van der Waals surface area contributed by atoms with Crippen molar-refractivity contribution in [2.75, 3.05) is 60.9 Å². The van der Waals surface area contributed by atoms with Crippen LogP contribution in [0.2, 0.25) is 10.6 Å². The van der Waals surface area contributed by atoms with E-state index in [1.807, 2.05) is 0 Å². The van der Waals surface area contributed by atoms with Gasteiger partial charge in [0, 0.05) is 11.4 Å². The minimum absolute atomic E-state index is 0.0398. The second-order valence-corrected chi connectivity index (χ2v) is 15.1. The van der Waals surface area contributed by atoms with E-state index in [9.17, 15) is 56.6 Å². The van der Waals surface area contributed by atoms with Gasteiger partial charge in [0.25, 0.3) is 20.2 Å². The number of nitrogens with one attached hydrogen (secondary N) is 4. The summed E-state index contributed by atoms with van der Waals surface area (Å²) in [7, 11) is -9.75. The number of hydrogen-bond acceptors (Lipinski definition) is 20. The van der Waals surface area contributed by atoms with Crippen molar-refractivity contribution in [3.05, 3.63) is 58.1 Å². The maximum Gasteiger partial charge on any atom is 0.294 e. The van der Waals surface area contributed by atoms with Crippen LogP contribution in [0.4, 0.5) is 35.2 Å². The first kappa shape index (κ1) is 42.6. The molecule has 0 unspecified atom stereocenters. The molecule has 0 spiro atoms. The Kier molecular flexibility index (Phi) is 13.8. The summed E-state index contributed by atoms with van der Waals surface area (Å²) in [6, 6.07) is 7.50. The van der Waals surface area contributed by atoms with Crippen LogP contribution in [-0.2, 0) is 33.1 Å². The SMILES string of the molecule is O=S(=O)(O)c1cc(Nc2nc(Cl)nc(NC(CO)(CO)CO)n2)ccc1CCc1ccc(Nc2nc(Cl)nc(NC(CO)(CO)CO)n2)cc1S(=O)(=O)O. The van der Waals surface area contributed by atoms with Crippen molar-refractivity contribution in [3.63, 3.8) is 0 Å². The number of nitrogens with zero attached hydrogens (tertiary/aromatic N) is 6. The molecule has 0 saturated heterocycles. The van der Waals surface area contributed by atoms with Gasteiger partial charge in [-0.1, -0.05) is 12.1 Å². The highest BCUT2D eigenvalue weighted by Crippen LogP contribution is 2.28. The molecule has 22 nitrogen and oxygen atoms in total. The number of aromatic nitrogens is 6. The topological polar surface area (TPSA) is 356 Å². The van der Waals surface area contributed by atoms with Crippen molar-refractivity contribution in [2.45, 2.75) is 33.7 Å². The standard InChI is InChI=1S/C28H34Cl2N10O12S2/c29-21-33-23(37-25(35-21)39-27(9-41,10-42)11-43)31-17-5-3-15(19(7-17)53(47,48)49)1-2-16-4-6-18(8-20(16)54(50,51)52)32-24-34-22(30)36-26(38-24)40-28(12-44,13-45)14-46/h3-8,41-46H,1-2,9-14H2,(H,47,48,49)(H,50,51,52)(H2,31,33,35,37,39)(H2,32,34,36,38,40). The number of hydrogen-bond donors (Lipinski definition) is 12. The van der Waals surface area contributed by atoms with Gasteiger partial charge in [0.05, 0.1) is 49.4 Å². The molecule has 2 heterocycles. The van der Waals surface area contributed by atoms with Crippen LogP contribution in [0.5, 0.6) is 0 Å². The number of aliphatic hydroxyl groups is 6. The van der Waals surface area contributed by atoms with Gasteiger partial charge >= 0.3 is 0 Å². The predicted octanol–water partition coefficient (Wildman–Crippen LogP) is -0.616. The van der Waals surface area contributed by atoms with E-state index >= 15 is 0 Å². The highest BCUT2D eigenvalue weighted by Gasteiger charge is 2.30. The molecule has 294 valence electrons. The van der Waals surface area contributed by atoms with E-state index in [0.29, 0.717) is 0 Å². The van der Waals surface area contributed by atoms with Gasteiger partial charge in [-0.3, -0.25) is 9.11 Å². The third-order valence-corrected chi connectivity index (χ3v) is 9.86. The first-order valence-corrected chi connectivity index (χ1v) is 18.8. The molecule has 0 atom stereocenters. The second kappa shape index (κ2) is 17.5. The minimum atomic E-state index is -4.88. The van der Waals surface area contributed by atoms with E-state index < -0.39 is 80.7 Å². The Morgan fingerprint density at radius 3 is 1.13 bits per heavy atom. The van der Waals surface area contributed by atoms with Gasteiger partial charge < -0.3 is 51.9 Å². The lowest BCUT2D eigenvalue weighted by Crippen LogP contribution is -2.49. The molecule has 4 rings (SSSR count). The van der Waals surface area contributed by atoms with E-state index in [1.54, 1.807) is 0 Å². The number of aryl methyl sites for hydroxylation is 2. The third kappa shape index (κ3) is 10.7. The second-order valence-electron chi connectivity index (χ2n) is 11.6. The smallest absolute Gasteiger partial charge is 0.294 e. The van der Waals surface area contributed by atoms with Crippen molar-refractivity contribution >= 4 is 78.6 Å². The molecule has 4 aromatic rings. The van der Waals surface area contributed by atoms with Gasteiger partial charge in [0.1, 0.15) is 11.1 Å². The Morgan fingerprint density at radius 2 is 0.833 bits per heavy atom. The number of anilines is 6. The Balaban J connectivity index is 1.58. The fourth-order valence-electron chi connectivity index (χ4n) is 4.62. The molecule has 0 fully saturated rings. The summed E-state index contributed by atoms with van der Waals surface area (Å²) in [6.07, 6.45) is -0.329. The summed E-state index contributed by atoms with van der Waals surface area (Å²) >= 11 is 12.0. The largest absolute Gasteiger partial charge is 0.394 e. The average Bonchev–Trinajstić information content (AvgIpc) is 3.11. The monoisotopic (exact) mass is 836 g/mol. The Labute approximate surface area is 316 Å². The summed E-state index contributed by atoms with van der Waals surface area (Å²) in [5, 5.41) is 67.3. The Morgan fingerprint density at radius 1 is 0.519 bits per heavy atom. The molecule has 0 radical (unpaired) electrons. The number of benzene rings is 2. The fraction of sp³-hybridized carbons (Fsp3) is 0.357. The molecule has 54 heavy (non-hydrogen) atoms. The lowest BCUT2D eigenvalue weighted by molar-refractivity contribution is 0.0824. The quantitative estimate of drug-likeness (QED) is 0.0524. The van der Waals surface area contributed by atoms with Crippen LogP contribution >= 0.6 is 23.2 Å². The van der Waals surface area contributed by atoms with E-state index in [-0.39, 0.29) is 69.7 Å². The molecule has 0 aliphatic heterocycles. The maximum absolute atomic E-state index is 12.4. The van der Waals surface area contributed by atoms with Crippen LogP contribution in [-0.4, -0.2) is 137 Å². The average molecular weight is 838 g/mol. The Bertz CT molecular complexity index is 2010. The zero-order valence-electron chi connectivity index (χ0n) is 27.6. The molecule has 2 aromatic heterocycles. The molecule has 2 aromatic carbocycles. The fourth-order valence-corrected chi connectivity index (χ4v) is 6.50. The van der Waals surface area contributed by atoms with Crippen molar-refractivity contribution < 1.29 is 56.6 Å². The molecule has 0 bridgehead atoms. The summed E-state index contributed by atoms with van der Waals surface area (Å²) in [5.74, 6) is -0.995. The van der Waals surface area contributed by atoms with Gasteiger partial charge in [-0.25, -0.2) is 0 Å². The van der Waals surface area contributed by atoms with Crippen molar-refractivity contribution in [1.29, 1.82) is 0 Å². The zero-order valence-corrected chi connectivity index (χ0v) is 30.7. The lowest BCUT2D eigenvalue weighted by atomic mass is 10.0. The minimum Gasteiger partial charge on any atom is -0.394 e. The number of rotatable bonds is 19. The zero-order chi connectivity index (χ0) is 39.9. The van der Waals surface area contributed by atoms with E-state index in [2.05, 4.69) is 51.2 Å². The normalized spacial score (nSPS) is 12.4. The van der Waals surface area contributed by atoms with Gasteiger partial charge in [-0.05, 0) is 71.4 Å². The van der Waals surface area contributed by atoms with E-state index in [4.69, 9.17) is 23.2 Å². The molecular weight excluding hydrogens is 803 g/mol. The van der Waals surface area contributed by atoms with Crippen LogP contribution in [0.15, 0.2) is 46.2 Å². The van der Waals surface area contributed by atoms with Crippen LogP contribution in [0, 0.1) is 0 Å². The molecule has 0 saturated carbocycles. The summed E-state index contributed by atoms with van der Waals surface area (Å²) < 4.78 is 69.8. The van der Waals surface area contributed by atoms with Gasteiger partial charge in [0.15, 0.2) is 0 Å². The van der Waals surface area contributed by atoms with Crippen molar-refractivity contribution in [1.82, 2.24) is 29.9 Å². The van der Waals surface area contributed by atoms with Crippen molar-refractivity contribution in [2.24, 2.45) is 0 Å². The molecule has 12 N–H and O–H groups in total. The first-order valence-electron chi connectivity index (χ1n) is 15.2. The molecule has 26 heteroatoms. The van der Waals surface area contributed by atoms with Gasteiger partial charge in [-0.2, -0.15) is 46.7 Å². The highest BCUT2D eigenvalue weighted by molar-refractivity contribution is 7.86. The van der Waals surface area contributed by atoms with Gasteiger partial charge in [0.2, 0.25) is 34.4 Å². The van der Waals surface area contributed by atoms with Crippen LogP contribution in [0.25, 0.3) is 0 Å². The van der Waals surface area contributed by atoms with Crippen molar-refractivity contribution in [3.8, 4) is 0 Å². The van der Waals surface area contributed by atoms with E-state index in [1.165, 1.54) is 24.3 Å². The molecule has 0 aliphatic rings. The van der Waals surface area contributed by atoms with E-state index in [0.717, 1.165) is 12.1 Å². The number of aliphatic hydroxyl groups excluding tert-OH is 6. The van der Waals surface area contributed by atoms with Crippen LogP contribution in [0.3, 0.4) is 0 Å². The predicted molar refractivity (Wildman–Crippen MR) is 191 cm³/mol. The molecular formula is C28H34Cl2N10O12S2. The lowest BCUT2D eigenvalue weighted by Gasteiger charge is -2.28. The Hall–Kier alpha value is -4.18. The summed E-state index contributed by atoms with van der Waals surface area (Å²) in [6.45, 7) is -4.25. The molecule has 0 amide bonds. The van der Waals surface area contributed by atoms with Gasteiger partial charge in [-0.15, -0.1) is 0 Å². The van der Waals surface area contributed by atoms with Crippen LogP contribution in [0.1, 0.15) is 11.1 Å². The maximum atomic E-state index is 12.4. The third-order valence-electron chi connectivity index (χ3n) is 7.65. The number of halogens is 2. The summed E-state index contributed by atoms with van der Waals surface area (Å²) in [5.41, 5.74) is -3.06. The van der Waals surface area contributed by atoms with Crippen LogP contribution < -0.4 is 21.3 Å². The highest BCUT2D eigenvalue weighted by atomic mass is 35.5.